The predicted molar refractivity (Wildman–Crippen MR) is 101 cm³/mol. The monoisotopic (exact) mass is 382 g/mol. The van der Waals surface area contributed by atoms with Crippen LogP contribution in [0.15, 0.2) is 41.2 Å². The molecule has 7 heteroatoms. The van der Waals surface area contributed by atoms with Crippen LogP contribution in [0.3, 0.4) is 0 Å². The van der Waals surface area contributed by atoms with Gasteiger partial charge in [0.15, 0.2) is 11.5 Å². The van der Waals surface area contributed by atoms with E-state index in [4.69, 9.17) is 9.47 Å². The van der Waals surface area contributed by atoms with E-state index in [1.165, 1.54) is 6.07 Å². The molecule has 1 aromatic carbocycles. The summed E-state index contributed by atoms with van der Waals surface area (Å²) in [6.07, 6.45) is 1.18. The molecule has 5 rings (SSSR count). The minimum Gasteiger partial charge on any atom is -0.454 e. The fraction of sp³-hybridized carbons (Fsp3) is 0.429. The molecule has 0 unspecified atom stereocenters. The standard InChI is InChI=1S/C21H22N2O5/c24-11-17-15-8-14(16-2-1-3-20(25)23(16)17)9-22(10-15)21(26)7-13-4-5-18-19(6-13)28-12-27-18/h1-6,14-15,17,24H,7-12H2/t14-,15+,17+/m1/s1. The summed E-state index contributed by atoms with van der Waals surface area (Å²) in [5.74, 6) is 1.64. The number of aliphatic hydroxyl groups is 1. The van der Waals surface area contributed by atoms with Gasteiger partial charge >= 0.3 is 0 Å². The minimum absolute atomic E-state index is 0.0528. The van der Waals surface area contributed by atoms with Gasteiger partial charge in [0.25, 0.3) is 5.56 Å². The normalized spacial score (nSPS) is 24.8. The molecule has 2 bridgehead atoms. The first-order valence-electron chi connectivity index (χ1n) is 9.62. The number of aliphatic hydroxyl groups excluding tert-OH is 1. The van der Waals surface area contributed by atoms with Crippen molar-refractivity contribution in [1.29, 1.82) is 0 Å². The Morgan fingerprint density at radius 2 is 2.00 bits per heavy atom. The van der Waals surface area contributed by atoms with Crippen LogP contribution in [0.4, 0.5) is 0 Å². The van der Waals surface area contributed by atoms with E-state index >= 15 is 0 Å². The number of nitrogens with zero attached hydrogens (tertiary/aromatic N) is 2. The van der Waals surface area contributed by atoms with Gasteiger partial charge in [-0.1, -0.05) is 12.1 Å². The Balaban J connectivity index is 1.38. The molecule has 4 heterocycles. The van der Waals surface area contributed by atoms with Crippen LogP contribution in [-0.4, -0.2) is 47.0 Å². The molecule has 7 nitrogen and oxygen atoms in total. The molecule has 146 valence electrons. The van der Waals surface area contributed by atoms with Gasteiger partial charge in [0.05, 0.1) is 19.1 Å². The third-order valence-corrected chi connectivity index (χ3v) is 6.13. The fourth-order valence-corrected chi connectivity index (χ4v) is 4.82. The summed E-state index contributed by atoms with van der Waals surface area (Å²) < 4.78 is 12.5. The van der Waals surface area contributed by atoms with E-state index in [2.05, 4.69) is 0 Å². The van der Waals surface area contributed by atoms with Crippen molar-refractivity contribution in [3.8, 4) is 11.5 Å². The van der Waals surface area contributed by atoms with Gasteiger partial charge in [-0.25, -0.2) is 0 Å². The summed E-state index contributed by atoms with van der Waals surface area (Å²) in [6, 6.07) is 10.5. The summed E-state index contributed by atoms with van der Waals surface area (Å²) in [5, 5.41) is 9.93. The van der Waals surface area contributed by atoms with Crippen molar-refractivity contribution in [3.63, 3.8) is 0 Å². The van der Waals surface area contributed by atoms with Crippen molar-refractivity contribution < 1.29 is 19.4 Å². The van der Waals surface area contributed by atoms with Crippen LogP contribution in [0.5, 0.6) is 11.5 Å². The summed E-state index contributed by atoms with van der Waals surface area (Å²) in [7, 11) is 0. The number of carbonyl (C=O) groups excluding carboxylic acids is 1. The first-order valence-corrected chi connectivity index (χ1v) is 9.62. The Kier molecular flexibility index (Phi) is 4.12. The number of benzene rings is 1. The van der Waals surface area contributed by atoms with E-state index < -0.39 is 0 Å². The van der Waals surface area contributed by atoms with Gasteiger partial charge in [0.1, 0.15) is 0 Å². The molecule has 1 aromatic heterocycles. The first kappa shape index (κ1) is 17.3. The van der Waals surface area contributed by atoms with Crippen molar-refractivity contribution in [2.75, 3.05) is 26.5 Å². The van der Waals surface area contributed by atoms with Gasteiger partial charge in [-0.3, -0.25) is 9.59 Å². The highest BCUT2D eigenvalue weighted by molar-refractivity contribution is 5.79. The van der Waals surface area contributed by atoms with Crippen molar-refractivity contribution in [3.05, 3.63) is 58.0 Å². The van der Waals surface area contributed by atoms with Crippen LogP contribution in [0, 0.1) is 5.92 Å². The van der Waals surface area contributed by atoms with Crippen molar-refractivity contribution in [2.24, 2.45) is 5.92 Å². The van der Waals surface area contributed by atoms with Crippen LogP contribution < -0.4 is 15.0 Å². The predicted octanol–water partition coefficient (Wildman–Crippen LogP) is 1.30. The Morgan fingerprint density at radius 1 is 1.14 bits per heavy atom. The van der Waals surface area contributed by atoms with Gasteiger partial charge in [-0.2, -0.15) is 0 Å². The Hall–Kier alpha value is -2.80. The molecular weight excluding hydrogens is 360 g/mol. The molecule has 0 aliphatic carbocycles. The van der Waals surface area contributed by atoms with Crippen molar-refractivity contribution in [1.82, 2.24) is 9.47 Å². The molecule has 1 fully saturated rings. The topological polar surface area (TPSA) is 81.0 Å². The second-order valence-electron chi connectivity index (χ2n) is 7.76. The van der Waals surface area contributed by atoms with Crippen LogP contribution >= 0.6 is 0 Å². The van der Waals surface area contributed by atoms with E-state index in [9.17, 15) is 14.7 Å². The lowest BCUT2D eigenvalue weighted by Crippen LogP contribution is -2.52. The maximum absolute atomic E-state index is 13.0. The van der Waals surface area contributed by atoms with Gasteiger partial charge in [-0.15, -0.1) is 0 Å². The smallest absolute Gasteiger partial charge is 0.251 e. The van der Waals surface area contributed by atoms with Crippen LogP contribution in [0.2, 0.25) is 0 Å². The number of fused-ring (bicyclic) bond motifs is 5. The molecule has 2 aromatic rings. The Morgan fingerprint density at radius 3 is 2.86 bits per heavy atom. The number of likely N-dealkylation sites (tertiary alicyclic amines) is 1. The molecule has 1 N–H and O–H groups in total. The highest BCUT2D eigenvalue weighted by Crippen LogP contribution is 2.41. The number of amides is 1. The third-order valence-electron chi connectivity index (χ3n) is 6.13. The molecule has 3 aliphatic rings. The molecule has 1 amide bonds. The summed E-state index contributed by atoms with van der Waals surface area (Å²) >= 11 is 0. The average molecular weight is 382 g/mol. The van der Waals surface area contributed by atoms with Gasteiger partial charge in [0, 0.05) is 36.7 Å². The van der Waals surface area contributed by atoms with Crippen LogP contribution in [0.25, 0.3) is 0 Å². The second-order valence-corrected chi connectivity index (χ2v) is 7.76. The number of hydrogen-bond donors (Lipinski definition) is 1. The zero-order valence-electron chi connectivity index (χ0n) is 15.4. The zero-order chi connectivity index (χ0) is 19.3. The lowest BCUT2D eigenvalue weighted by molar-refractivity contribution is -0.133. The fourth-order valence-electron chi connectivity index (χ4n) is 4.82. The number of aromatic nitrogens is 1. The van der Waals surface area contributed by atoms with E-state index in [0.717, 1.165) is 17.7 Å². The molecule has 0 radical (unpaired) electrons. The molecule has 0 saturated carbocycles. The second kappa shape index (κ2) is 6.67. The SMILES string of the molecule is O=C(Cc1ccc2c(c1)OCO2)N1C[C@H]2C[C@@H](C1)[C@H](CO)n1c2cccc1=O. The van der Waals surface area contributed by atoms with E-state index in [0.29, 0.717) is 31.0 Å². The van der Waals surface area contributed by atoms with Gasteiger partial charge in [-0.05, 0) is 30.2 Å². The Labute approximate surface area is 162 Å². The maximum Gasteiger partial charge on any atom is 0.251 e. The lowest BCUT2D eigenvalue weighted by atomic mass is 9.78. The molecular formula is C21H22N2O5. The van der Waals surface area contributed by atoms with Gasteiger partial charge < -0.3 is 24.0 Å². The number of rotatable bonds is 3. The minimum atomic E-state index is -0.277. The van der Waals surface area contributed by atoms with E-state index in [-0.39, 0.29) is 42.7 Å². The number of piperidine rings is 1. The average Bonchev–Trinajstić information content (AvgIpc) is 3.17. The lowest BCUT2D eigenvalue weighted by Gasteiger charge is -2.46. The van der Waals surface area contributed by atoms with E-state index in [1.54, 1.807) is 10.6 Å². The highest BCUT2D eigenvalue weighted by Gasteiger charge is 2.41. The van der Waals surface area contributed by atoms with Gasteiger partial charge in [0.2, 0.25) is 12.7 Å². The molecule has 0 spiro atoms. The largest absolute Gasteiger partial charge is 0.454 e. The summed E-state index contributed by atoms with van der Waals surface area (Å²) in [6.45, 7) is 1.27. The quantitative estimate of drug-likeness (QED) is 0.866. The third kappa shape index (κ3) is 2.77. The summed E-state index contributed by atoms with van der Waals surface area (Å²) in [5.41, 5.74) is 1.73. The first-order chi connectivity index (χ1) is 13.6. The van der Waals surface area contributed by atoms with Crippen LogP contribution in [-0.2, 0) is 11.2 Å². The number of carbonyl (C=O) groups is 1. The molecule has 3 atom stereocenters. The summed E-state index contributed by atoms with van der Waals surface area (Å²) in [4.78, 5) is 27.2. The molecule has 1 saturated heterocycles. The highest BCUT2D eigenvalue weighted by atomic mass is 16.7. The van der Waals surface area contributed by atoms with Crippen LogP contribution in [0.1, 0.15) is 29.6 Å². The van der Waals surface area contributed by atoms with Crippen molar-refractivity contribution in [2.45, 2.75) is 24.8 Å². The zero-order valence-corrected chi connectivity index (χ0v) is 15.4. The maximum atomic E-state index is 13.0. The molecule has 3 aliphatic heterocycles. The molecule has 28 heavy (non-hydrogen) atoms. The van der Waals surface area contributed by atoms with E-state index in [1.807, 2.05) is 29.2 Å². The number of ether oxygens (including phenoxy) is 2. The number of hydrogen-bond acceptors (Lipinski definition) is 5. The van der Waals surface area contributed by atoms with Crippen molar-refractivity contribution >= 4 is 5.91 Å². The number of pyridine rings is 1. The Bertz CT molecular complexity index is 985.